The average molecular weight is 352 g/mol. The van der Waals surface area contributed by atoms with Crippen molar-refractivity contribution in [3.63, 3.8) is 0 Å². The van der Waals surface area contributed by atoms with Crippen LogP contribution in [-0.2, 0) is 11.3 Å². The smallest absolute Gasteiger partial charge is 0.265 e. The fourth-order valence-corrected chi connectivity index (χ4v) is 2.74. The lowest BCUT2D eigenvalue weighted by atomic mass is 10.1. The summed E-state index contributed by atoms with van der Waals surface area (Å²) in [6.45, 7) is 8.33. The minimum absolute atomic E-state index is 0.0964. The lowest BCUT2D eigenvalue weighted by Crippen LogP contribution is -2.22. The van der Waals surface area contributed by atoms with Gasteiger partial charge in [-0.15, -0.1) is 0 Å². The SMILES string of the molecule is COc1ccc(-n2cnc3ccc(C)cc3c2=O)c(COC(C)(C)C)c1. The van der Waals surface area contributed by atoms with Crippen molar-refractivity contribution in [2.24, 2.45) is 0 Å². The lowest BCUT2D eigenvalue weighted by Gasteiger charge is -2.21. The van der Waals surface area contributed by atoms with E-state index in [9.17, 15) is 4.79 Å². The summed E-state index contributed by atoms with van der Waals surface area (Å²) < 4.78 is 12.8. The van der Waals surface area contributed by atoms with E-state index >= 15 is 0 Å². The third kappa shape index (κ3) is 3.78. The van der Waals surface area contributed by atoms with Crippen LogP contribution in [0.2, 0.25) is 0 Å². The summed E-state index contributed by atoms with van der Waals surface area (Å²) in [4.78, 5) is 17.5. The Morgan fingerprint density at radius 2 is 1.88 bits per heavy atom. The molecule has 0 aliphatic carbocycles. The fourth-order valence-electron chi connectivity index (χ4n) is 2.74. The van der Waals surface area contributed by atoms with Gasteiger partial charge in [-0.1, -0.05) is 11.6 Å². The van der Waals surface area contributed by atoms with E-state index in [4.69, 9.17) is 9.47 Å². The number of fused-ring (bicyclic) bond motifs is 1. The maximum absolute atomic E-state index is 13.0. The number of nitrogens with zero attached hydrogens (tertiary/aromatic N) is 2. The zero-order valence-corrected chi connectivity index (χ0v) is 15.9. The Kier molecular flexibility index (Phi) is 4.83. The molecule has 0 aliphatic heterocycles. The van der Waals surface area contributed by atoms with Crippen molar-refractivity contribution in [3.8, 4) is 11.4 Å². The van der Waals surface area contributed by atoms with Crippen LogP contribution in [0.5, 0.6) is 5.75 Å². The van der Waals surface area contributed by atoms with Gasteiger partial charge in [0.25, 0.3) is 5.56 Å². The van der Waals surface area contributed by atoms with Crippen molar-refractivity contribution in [3.05, 3.63) is 64.2 Å². The molecular weight excluding hydrogens is 328 g/mol. The second kappa shape index (κ2) is 6.92. The predicted octanol–water partition coefficient (Wildman–Crippen LogP) is 4.02. The largest absolute Gasteiger partial charge is 0.497 e. The molecule has 0 saturated heterocycles. The van der Waals surface area contributed by atoms with Crippen LogP contribution in [0.4, 0.5) is 0 Å². The summed E-state index contributed by atoms with van der Waals surface area (Å²) in [5.74, 6) is 0.721. The zero-order chi connectivity index (χ0) is 18.9. The quantitative estimate of drug-likeness (QED) is 0.712. The zero-order valence-electron chi connectivity index (χ0n) is 15.9. The molecule has 5 heteroatoms. The predicted molar refractivity (Wildman–Crippen MR) is 103 cm³/mol. The number of aromatic nitrogens is 2. The highest BCUT2D eigenvalue weighted by atomic mass is 16.5. The molecule has 3 rings (SSSR count). The van der Waals surface area contributed by atoms with Gasteiger partial charge in [-0.25, -0.2) is 4.98 Å². The number of ether oxygens (including phenoxy) is 2. The van der Waals surface area contributed by atoms with Gasteiger partial charge in [-0.2, -0.15) is 0 Å². The second-order valence-electron chi connectivity index (χ2n) is 7.34. The molecule has 0 fully saturated rings. The van der Waals surface area contributed by atoms with Crippen molar-refractivity contribution >= 4 is 10.9 Å². The highest BCUT2D eigenvalue weighted by Gasteiger charge is 2.15. The Hall–Kier alpha value is -2.66. The first-order chi connectivity index (χ1) is 12.3. The summed E-state index contributed by atoms with van der Waals surface area (Å²) in [5, 5.41) is 0.603. The molecule has 3 aromatic rings. The summed E-state index contributed by atoms with van der Waals surface area (Å²) >= 11 is 0. The first kappa shape index (κ1) is 18.1. The Labute approximate surface area is 153 Å². The molecule has 1 heterocycles. The van der Waals surface area contributed by atoms with Crippen molar-refractivity contribution in [1.29, 1.82) is 0 Å². The van der Waals surface area contributed by atoms with E-state index in [0.29, 0.717) is 17.5 Å². The Balaban J connectivity index is 2.15. The first-order valence-electron chi connectivity index (χ1n) is 8.58. The normalized spacial score (nSPS) is 11.7. The van der Waals surface area contributed by atoms with Crippen LogP contribution in [-0.4, -0.2) is 22.3 Å². The highest BCUT2D eigenvalue weighted by Crippen LogP contribution is 2.23. The molecular formula is C21H24N2O3. The summed E-state index contributed by atoms with van der Waals surface area (Å²) in [6.07, 6.45) is 1.57. The van der Waals surface area contributed by atoms with Gasteiger partial charge in [-0.3, -0.25) is 9.36 Å². The van der Waals surface area contributed by atoms with Gasteiger partial charge >= 0.3 is 0 Å². The van der Waals surface area contributed by atoms with Gasteiger partial charge in [0, 0.05) is 5.56 Å². The number of benzene rings is 2. The van der Waals surface area contributed by atoms with Crippen LogP contribution in [0, 0.1) is 6.92 Å². The number of hydrogen-bond acceptors (Lipinski definition) is 4. The molecule has 136 valence electrons. The van der Waals surface area contributed by atoms with Crippen molar-refractivity contribution in [1.82, 2.24) is 9.55 Å². The summed E-state index contributed by atoms with van der Waals surface area (Å²) in [7, 11) is 1.62. The Bertz CT molecular complexity index is 1000. The van der Waals surface area contributed by atoms with E-state index < -0.39 is 0 Å². The van der Waals surface area contributed by atoms with Crippen LogP contribution in [0.3, 0.4) is 0 Å². The van der Waals surface area contributed by atoms with Crippen LogP contribution in [0.1, 0.15) is 31.9 Å². The van der Waals surface area contributed by atoms with E-state index in [-0.39, 0.29) is 11.2 Å². The summed E-state index contributed by atoms with van der Waals surface area (Å²) in [5.41, 5.74) is 2.95. The van der Waals surface area contributed by atoms with Crippen molar-refractivity contribution < 1.29 is 9.47 Å². The Morgan fingerprint density at radius 3 is 2.58 bits per heavy atom. The molecule has 0 N–H and O–H groups in total. The molecule has 0 aliphatic rings. The number of rotatable bonds is 4. The molecule has 5 nitrogen and oxygen atoms in total. The van der Waals surface area contributed by atoms with Crippen molar-refractivity contribution in [2.45, 2.75) is 39.9 Å². The minimum atomic E-state index is -0.288. The third-order valence-corrected chi connectivity index (χ3v) is 4.12. The van der Waals surface area contributed by atoms with E-state index in [1.54, 1.807) is 18.0 Å². The first-order valence-corrected chi connectivity index (χ1v) is 8.58. The molecule has 26 heavy (non-hydrogen) atoms. The maximum Gasteiger partial charge on any atom is 0.265 e. The van der Waals surface area contributed by atoms with E-state index in [2.05, 4.69) is 4.98 Å². The van der Waals surface area contributed by atoms with Gasteiger partial charge < -0.3 is 9.47 Å². The lowest BCUT2D eigenvalue weighted by molar-refractivity contribution is -0.0150. The molecule has 0 unspecified atom stereocenters. The van der Waals surface area contributed by atoms with Crippen LogP contribution in [0.15, 0.2) is 47.5 Å². The van der Waals surface area contributed by atoms with Crippen molar-refractivity contribution in [2.75, 3.05) is 7.11 Å². The van der Waals surface area contributed by atoms with Gasteiger partial charge in [0.15, 0.2) is 0 Å². The maximum atomic E-state index is 13.0. The molecule has 0 saturated carbocycles. The molecule has 0 atom stereocenters. The topological polar surface area (TPSA) is 53.4 Å². The standard InChI is InChI=1S/C21H24N2O3/c1-14-6-8-18-17(10-14)20(24)23(13-22-18)19-9-7-16(25-5)11-15(19)12-26-21(2,3)4/h6-11,13H,12H2,1-5H3. The van der Waals surface area contributed by atoms with Gasteiger partial charge in [0.05, 0.1) is 35.9 Å². The van der Waals surface area contributed by atoms with E-state index in [1.165, 1.54) is 0 Å². The monoisotopic (exact) mass is 352 g/mol. The van der Waals surface area contributed by atoms with E-state index in [1.807, 2.05) is 64.1 Å². The minimum Gasteiger partial charge on any atom is -0.497 e. The van der Waals surface area contributed by atoms with E-state index in [0.717, 1.165) is 22.6 Å². The molecule has 1 aromatic heterocycles. The third-order valence-electron chi connectivity index (χ3n) is 4.12. The highest BCUT2D eigenvalue weighted by molar-refractivity contribution is 5.78. The summed E-state index contributed by atoms with van der Waals surface area (Å²) in [6, 6.07) is 11.3. The van der Waals surface area contributed by atoms with Gasteiger partial charge in [-0.05, 0) is 58.0 Å². The molecule has 0 radical (unpaired) electrons. The molecule has 0 bridgehead atoms. The van der Waals surface area contributed by atoms with Crippen LogP contribution >= 0.6 is 0 Å². The van der Waals surface area contributed by atoms with Gasteiger partial charge in [0.2, 0.25) is 0 Å². The molecule has 2 aromatic carbocycles. The Morgan fingerprint density at radius 1 is 1.12 bits per heavy atom. The number of hydrogen-bond donors (Lipinski definition) is 0. The number of aryl methyl sites for hydroxylation is 1. The molecule has 0 spiro atoms. The molecule has 0 amide bonds. The van der Waals surface area contributed by atoms with Crippen LogP contribution < -0.4 is 10.3 Å². The van der Waals surface area contributed by atoms with Crippen LogP contribution in [0.25, 0.3) is 16.6 Å². The fraction of sp³-hybridized carbons (Fsp3) is 0.333. The average Bonchev–Trinajstić information content (AvgIpc) is 2.60. The van der Waals surface area contributed by atoms with Gasteiger partial charge in [0.1, 0.15) is 12.1 Å². The number of methoxy groups -OCH3 is 1. The second-order valence-corrected chi connectivity index (χ2v) is 7.34.